The maximum absolute atomic E-state index is 14.4. The molecule has 0 N–H and O–H groups in total. The van der Waals surface area contributed by atoms with Gasteiger partial charge in [-0.25, -0.2) is 19.2 Å². The number of nitro benzene ring substituents is 3. The molecule has 2 bridgehead atoms. The number of non-ortho nitro benzene ring substituents is 3. The number of rotatable bonds is 17. The van der Waals surface area contributed by atoms with Crippen molar-refractivity contribution in [3.8, 4) is 5.75 Å². The van der Waals surface area contributed by atoms with Crippen LogP contribution in [0.1, 0.15) is 78.0 Å². The Balaban J connectivity index is 0.00000780. The summed E-state index contributed by atoms with van der Waals surface area (Å²) >= 11 is 6.84. The summed E-state index contributed by atoms with van der Waals surface area (Å²) in [7, 11) is 0. The van der Waals surface area contributed by atoms with Crippen LogP contribution in [0, 0.1) is 37.3 Å². The van der Waals surface area contributed by atoms with Crippen LogP contribution in [-0.2, 0) is 40.6 Å². The zero-order chi connectivity index (χ0) is 51.3. The maximum atomic E-state index is 14.4. The van der Waals surface area contributed by atoms with Gasteiger partial charge in [0.15, 0.2) is 17.8 Å². The quantitative estimate of drug-likeness (QED) is 0.0356. The summed E-state index contributed by atoms with van der Waals surface area (Å²) in [6.45, 7) is 2.61. The minimum Gasteiger partial charge on any atom is -0.494 e. The Morgan fingerprint density at radius 3 is 1.59 bits per heavy atom. The molecule has 6 aromatic carbocycles. The molecule has 6 aromatic rings. The molecule has 0 aliphatic carbocycles. The van der Waals surface area contributed by atoms with Crippen molar-refractivity contribution in [2.24, 2.45) is 0 Å². The van der Waals surface area contributed by atoms with E-state index in [1.165, 1.54) is 24.3 Å². The molecule has 2 aliphatic rings. The lowest BCUT2D eigenvalue weighted by atomic mass is 9.82. The molecule has 2 heterocycles. The van der Waals surface area contributed by atoms with E-state index in [0.717, 1.165) is 83.9 Å². The summed E-state index contributed by atoms with van der Waals surface area (Å²) in [6.07, 6.45) is -5.60. The monoisotopic (exact) mass is 1020 g/mol. The Morgan fingerprint density at radius 1 is 0.630 bits per heavy atom. The van der Waals surface area contributed by atoms with Crippen molar-refractivity contribution < 1.29 is 67.1 Å². The number of halogens is 1. The minimum atomic E-state index is -2.34. The van der Waals surface area contributed by atoms with Gasteiger partial charge in [0.25, 0.3) is 17.1 Å². The lowest BCUT2D eigenvalue weighted by Gasteiger charge is -2.49. The third-order valence-corrected chi connectivity index (χ3v) is 12.2. The second-order valence-electron chi connectivity index (χ2n) is 16.6. The second-order valence-corrected chi connectivity index (χ2v) is 17.0. The van der Waals surface area contributed by atoms with Crippen molar-refractivity contribution in [3.63, 3.8) is 0 Å². The standard InChI is InChI=1S/C51H40ClN3O17.CH4/c1-3-66-41-23-6-31(7-24-41)26-36-27-37(16-25-42(36)52)51-45(71-49(59)35-14-21-40(22-15-35)55(64)65)43(69-47(57)33-8-4-30(2)5-9-33)44(70-48(58)34-12-19-39(20-13-34)54(62)63)50(72-51,29-68-51)28-67-46(56)32-10-17-38(18-11-32)53(60)61;/h4-25,27,43-45H,3,26,28-29H2,1-2H3;1H4/t43-,44-,45+,50-,51-;/m0./s1. The predicted octanol–water partition coefficient (Wildman–Crippen LogP) is 9.48. The Labute approximate surface area is 420 Å². The average molecular weight is 1020 g/mol. The first-order valence-corrected chi connectivity index (χ1v) is 22.3. The normalized spacial score (nSPS) is 19.6. The number of aryl methyl sites for hydroxylation is 1. The van der Waals surface area contributed by atoms with Gasteiger partial charge in [0.2, 0.25) is 11.9 Å². The number of hydrogen-bond donors (Lipinski definition) is 0. The van der Waals surface area contributed by atoms with Crippen LogP contribution in [0.2, 0.25) is 5.02 Å². The van der Waals surface area contributed by atoms with E-state index in [9.17, 15) is 49.5 Å². The van der Waals surface area contributed by atoms with Gasteiger partial charge in [-0.2, -0.15) is 0 Å². The molecule has 8 rings (SSSR count). The van der Waals surface area contributed by atoms with Gasteiger partial charge in [-0.05, 0) is 104 Å². The fourth-order valence-corrected chi connectivity index (χ4v) is 8.33. The molecule has 0 amide bonds. The van der Waals surface area contributed by atoms with E-state index in [-0.39, 0.29) is 63.7 Å². The number of nitrogens with zero attached hydrogens (tertiary/aromatic N) is 3. The van der Waals surface area contributed by atoms with E-state index in [1.807, 2.05) is 19.1 Å². The molecule has 0 saturated carbocycles. The first-order chi connectivity index (χ1) is 34.5. The van der Waals surface area contributed by atoms with Crippen molar-refractivity contribution in [1.82, 2.24) is 0 Å². The van der Waals surface area contributed by atoms with Crippen molar-refractivity contribution in [2.75, 3.05) is 19.8 Å². The van der Waals surface area contributed by atoms with Crippen molar-refractivity contribution in [2.45, 2.75) is 57.4 Å². The van der Waals surface area contributed by atoms with Gasteiger partial charge >= 0.3 is 23.9 Å². The maximum Gasteiger partial charge on any atom is 0.338 e. The van der Waals surface area contributed by atoms with Crippen LogP contribution in [0.3, 0.4) is 0 Å². The van der Waals surface area contributed by atoms with Crippen LogP contribution in [-0.4, -0.2) is 82.4 Å². The number of fused-ring (bicyclic) bond motifs is 2. The summed E-state index contributed by atoms with van der Waals surface area (Å²) in [5.41, 5.74) is -1.56. The predicted molar refractivity (Wildman–Crippen MR) is 258 cm³/mol. The highest BCUT2D eigenvalue weighted by Gasteiger charge is 2.72. The smallest absolute Gasteiger partial charge is 0.338 e. The number of nitro groups is 3. The zero-order valence-corrected chi connectivity index (χ0v) is 38.8. The molecule has 0 unspecified atom stereocenters. The topological polar surface area (TPSA) is 262 Å². The molecule has 0 radical (unpaired) electrons. The number of carbonyl (C=O) groups excluding carboxylic acids is 4. The van der Waals surface area contributed by atoms with Gasteiger partial charge in [0, 0.05) is 47.0 Å². The van der Waals surface area contributed by atoms with Crippen LogP contribution >= 0.6 is 11.6 Å². The van der Waals surface area contributed by atoms with Gasteiger partial charge in [0.05, 0.1) is 50.2 Å². The van der Waals surface area contributed by atoms with Crippen LogP contribution in [0.5, 0.6) is 5.75 Å². The Morgan fingerprint density at radius 2 is 1.10 bits per heavy atom. The fraction of sp³-hybridized carbons (Fsp3) is 0.231. The van der Waals surface area contributed by atoms with E-state index in [4.69, 9.17) is 44.8 Å². The van der Waals surface area contributed by atoms with Gasteiger partial charge in [0.1, 0.15) is 12.4 Å². The highest BCUT2D eigenvalue weighted by atomic mass is 35.5. The Hall–Kier alpha value is -8.59. The molecule has 0 spiro atoms. The molecule has 0 aromatic heterocycles. The van der Waals surface area contributed by atoms with E-state index in [1.54, 1.807) is 37.3 Å². The van der Waals surface area contributed by atoms with Crippen molar-refractivity contribution >= 4 is 52.5 Å². The van der Waals surface area contributed by atoms with Gasteiger partial charge in [-0.3, -0.25) is 30.3 Å². The third kappa shape index (κ3) is 11.2. The summed E-state index contributed by atoms with van der Waals surface area (Å²) < 4.78 is 43.8. The molecule has 2 saturated heterocycles. The summed E-state index contributed by atoms with van der Waals surface area (Å²) in [5, 5.41) is 34.8. The Kier molecular flexibility index (Phi) is 15.6. The Bertz CT molecular complexity index is 3060. The highest BCUT2D eigenvalue weighted by molar-refractivity contribution is 6.31. The third-order valence-electron chi connectivity index (χ3n) is 11.8. The van der Waals surface area contributed by atoms with Crippen LogP contribution < -0.4 is 4.74 Å². The van der Waals surface area contributed by atoms with Crippen LogP contribution in [0.25, 0.3) is 0 Å². The average Bonchev–Trinajstić information content (AvgIpc) is 3.74. The fourth-order valence-electron chi connectivity index (χ4n) is 8.14. The SMILES string of the molecule is C.CCOc1ccc(Cc2cc([C@]34OC[C@](COC(=O)c5ccc([N+](=O)[O-])cc5)(O3)[C@@H](OC(=O)c3ccc([N+](=O)[O-])cc3)[C@H](OC(=O)c3ccc(C)cc3)[C@H]4OC(=O)c3ccc([N+](=O)[O-])cc3)ccc2Cl)cc1. The first kappa shape index (κ1) is 52.2. The molecule has 2 fully saturated rings. The first-order valence-electron chi connectivity index (χ1n) is 21.9. The summed E-state index contributed by atoms with van der Waals surface area (Å²) in [5.74, 6) is -6.04. The molecule has 376 valence electrons. The number of esters is 4. The van der Waals surface area contributed by atoms with Gasteiger partial charge in [-0.15, -0.1) is 0 Å². The van der Waals surface area contributed by atoms with E-state index < -0.39 is 81.6 Å². The molecule has 73 heavy (non-hydrogen) atoms. The van der Waals surface area contributed by atoms with Crippen molar-refractivity contribution in [1.29, 1.82) is 0 Å². The van der Waals surface area contributed by atoms with Gasteiger partial charge < -0.3 is 33.2 Å². The number of hydrogen-bond acceptors (Lipinski definition) is 17. The van der Waals surface area contributed by atoms with E-state index in [2.05, 4.69) is 0 Å². The summed E-state index contributed by atoms with van der Waals surface area (Å²) in [4.78, 5) is 89.4. The minimum absolute atomic E-state index is 0. The lowest BCUT2D eigenvalue weighted by molar-refractivity contribution is -0.385. The second kappa shape index (κ2) is 21.8. The molecule has 20 nitrogen and oxygen atoms in total. The number of ether oxygens (including phenoxy) is 7. The van der Waals surface area contributed by atoms with Crippen LogP contribution in [0.4, 0.5) is 17.1 Å². The number of benzene rings is 6. The molecule has 21 heteroatoms. The molecular formula is C52H44ClN3O17. The van der Waals surface area contributed by atoms with Crippen LogP contribution in [0.15, 0.2) is 140 Å². The van der Waals surface area contributed by atoms with Gasteiger partial charge in [-0.1, -0.05) is 54.9 Å². The summed E-state index contributed by atoms with van der Waals surface area (Å²) in [6, 6.07) is 31.2. The molecule has 2 aliphatic heterocycles. The lowest BCUT2D eigenvalue weighted by Crippen LogP contribution is -2.68. The van der Waals surface area contributed by atoms with E-state index >= 15 is 0 Å². The zero-order valence-electron chi connectivity index (χ0n) is 38.0. The highest BCUT2D eigenvalue weighted by Crippen LogP contribution is 2.53. The number of carbonyl (C=O) groups is 4. The molecule has 5 atom stereocenters. The van der Waals surface area contributed by atoms with E-state index in [0.29, 0.717) is 17.9 Å². The van der Waals surface area contributed by atoms with Crippen molar-refractivity contribution in [3.05, 3.63) is 219 Å². The largest absolute Gasteiger partial charge is 0.494 e. The molecular weight excluding hydrogens is 974 g/mol.